The largest absolute Gasteiger partial charge is 0.455 e. The zero-order chi connectivity index (χ0) is 17.9. The third-order valence-corrected chi connectivity index (χ3v) is 4.36. The molecular weight excluding hydrogens is 385 g/mol. The van der Waals surface area contributed by atoms with Gasteiger partial charge in [-0.2, -0.15) is 0 Å². The lowest BCUT2D eigenvalue weighted by Gasteiger charge is -2.22. The van der Waals surface area contributed by atoms with E-state index in [1.165, 1.54) is 0 Å². The molecule has 5 nitrogen and oxygen atoms in total. The number of aromatic nitrogens is 1. The molecule has 3 aromatic rings. The first kappa shape index (κ1) is 19.0. The van der Waals surface area contributed by atoms with Crippen molar-refractivity contribution in [3.63, 3.8) is 0 Å². The number of fused-ring (bicyclic) bond motifs is 2. The van der Waals surface area contributed by atoms with Gasteiger partial charge in [-0.1, -0.05) is 35.9 Å². The zero-order valence-electron chi connectivity index (χ0n) is 14.3. The van der Waals surface area contributed by atoms with Gasteiger partial charge in [0.1, 0.15) is 5.75 Å². The number of urea groups is 1. The molecule has 1 aliphatic heterocycles. The van der Waals surface area contributed by atoms with Crippen LogP contribution in [0.15, 0.2) is 66.9 Å². The van der Waals surface area contributed by atoms with Crippen LogP contribution in [0.4, 0.5) is 10.5 Å². The zero-order valence-corrected chi connectivity index (χ0v) is 15.8. The molecule has 1 aromatic heterocycles. The highest BCUT2D eigenvalue weighted by Gasteiger charge is 2.25. The van der Waals surface area contributed by atoms with Crippen LogP contribution in [0.5, 0.6) is 11.5 Å². The summed E-state index contributed by atoms with van der Waals surface area (Å²) in [7, 11) is 0. The molecule has 0 bridgehead atoms. The topological polar surface area (TPSA) is 54.5 Å². The molecule has 0 unspecified atom stereocenters. The number of carbonyl (C=O) groups is 1. The minimum Gasteiger partial charge on any atom is -0.455 e. The van der Waals surface area contributed by atoms with Crippen LogP contribution in [0.3, 0.4) is 0 Å². The van der Waals surface area contributed by atoms with Crippen LogP contribution in [0.25, 0.3) is 0 Å². The van der Waals surface area contributed by atoms with Crippen LogP contribution in [-0.2, 0) is 13.1 Å². The summed E-state index contributed by atoms with van der Waals surface area (Å²) in [5.41, 5.74) is 2.35. The number of carbonyl (C=O) groups excluding carboxylic acids is 1. The van der Waals surface area contributed by atoms with E-state index in [9.17, 15) is 4.79 Å². The number of ether oxygens (including phenoxy) is 1. The van der Waals surface area contributed by atoms with Crippen LogP contribution >= 0.6 is 24.0 Å². The Morgan fingerprint density at radius 3 is 2.74 bits per heavy atom. The Morgan fingerprint density at radius 2 is 1.93 bits per heavy atom. The minimum atomic E-state index is -0.237. The Kier molecular flexibility index (Phi) is 5.84. The predicted octanol–water partition coefficient (Wildman–Crippen LogP) is 5.18. The summed E-state index contributed by atoms with van der Waals surface area (Å²) >= 11 is 6.16. The summed E-state index contributed by atoms with van der Waals surface area (Å²) in [5.74, 6) is 1.32. The van der Waals surface area contributed by atoms with Gasteiger partial charge in [-0.15, -0.1) is 12.4 Å². The summed E-state index contributed by atoms with van der Waals surface area (Å²) in [6, 6.07) is 18.3. The number of amides is 2. The quantitative estimate of drug-likeness (QED) is 0.643. The Hall–Kier alpha value is -2.76. The van der Waals surface area contributed by atoms with E-state index in [0.717, 1.165) is 17.0 Å². The lowest BCUT2D eigenvalue weighted by molar-refractivity contribution is 0.245. The van der Waals surface area contributed by atoms with Gasteiger partial charge < -0.3 is 10.1 Å². The van der Waals surface area contributed by atoms with Gasteiger partial charge in [-0.05, 0) is 36.4 Å². The van der Waals surface area contributed by atoms with Gasteiger partial charge in [-0.3, -0.25) is 9.88 Å². The molecule has 2 heterocycles. The number of nitrogens with zero attached hydrogens (tertiary/aromatic N) is 2. The van der Waals surface area contributed by atoms with E-state index in [1.54, 1.807) is 29.3 Å². The van der Waals surface area contributed by atoms with Crippen molar-refractivity contribution in [1.29, 1.82) is 0 Å². The van der Waals surface area contributed by atoms with Gasteiger partial charge in [0, 0.05) is 16.8 Å². The maximum absolute atomic E-state index is 12.9. The van der Waals surface area contributed by atoms with Gasteiger partial charge in [0.15, 0.2) is 5.75 Å². The number of pyridine rings is 1. The SMILES string of the molecule is Cl.O=C(NCc1ccccn1)N1Cc2ccccc2Oc2ccc(Cl)cc21. The van der Waals surface area contributed by atoms with Gasteiger partial charge in [0.2, 0.25) is 0 Å². The van der Waals surface area contributed by atoms with E-state index < -0.39 is 0 Å². The van der Waals surface area contributed by atoms with Crippen molar-refractivity contribution >= 4 is 35.7 Å². The van der Waals surface area contributed by atoms with Crippen molar-refractivity contribution in [1.82, 2.24) is 10.3 Å². The first-order valence-corrected chi connectivity index (χ1v) is 8.59. The molecule has 0 atom stereocenters. The monoisotopic (exact) mass is 401 g/mol. The average Bonchev–Trinajstić information content (AvgIpc) is 2.83. The van der Waals surface area contributed by atoms with Crippen LogP contribution in [-0.4, -0.2) is 11.0 Å². The molecular formula is C20H17Cl2N3O2. The summed E-state index contributed by atoms with van der Waals surface area (Å²) < 4.78 is 6.01. The molecule has 138 valence electrons. The van der Waals surface area contributed by atoms with E-state index in [0.29, 0.717) is 29.5 Å². The van der Waals surface area contributed by atoms with Crippen LogP contribution < -0.4 is 15.0 Å². The molecule has 2 amide bonds. The molecule has 27 heavy (non-hydrogen) atoms. The van der Waals surface area contributed by atoms with E-state index in [4.69, 9.17) is 16.3 Å². The van der Waals surface area contributed by atoms with E-state index in [-0.39, 0.29) is 18.4 Å². The lowest BCUT2D eigenvalue weighted by Crippen LogP contribution is -2.39. The molecule has 4 rings (SSSR count). The highest BCUT2D eigenvalue weighted by atomic mass is 35.5. The van der Waals surface area contributed by atoms with E-state index in [1.807, 2.05) is 42.5 Å². The number of rotatable bonds is 2. The van der Waals surface area contributed by atoms with E-state index in [2.05, 4.69) is 10.3 Å². The van der Waals surface area contributed by atoms with Crippen molar-refractivity contribution in [3.8, 4) is 11.5 Å². The number of hydrogen-bond donors (Lipinski definition) is 1. The van der Waals surface area contributed by atoms with Crippen LogP contribution in [0, 0.1) is 0 Å². The fourth-order valence-corrected chi connectivity index (χ4v) is 3.01. The third kappa shape index (κ3) is 4.15. The number of nitrogens with one attached hydrogen (secondary N) is 1. The number of para-hydroxylation sites is 1. The first-order chi connectivity index (χ1) is 12.7. The molecule has 0 saturated carbocycles. The summed E-state index contributed by atoms with van der Waals surface area (Å²) in [5, 5.41) is 3.46. The highest BCUT2D eigenvalue weighted by Crippen LogP contribution is 2.40. The first-order valence-electron chi connectivity index (χ1n) is 8.21. The molecule has 1 N–H and O–H groups in total. The Morgan fingerprint density at radius 1 is 1.11 bits per heavy atom. The maximum Gasteiger partial charge on any atom is 0.322 e. The molecule has 0 saturated heterocycles. The summed E-state index contributed by atoms with van der Waals surface area (Å²) in [4.78, 5) is 18.8. The number of hydrogen-bond acceptors (Lipinski definition) is 3. The van der Waals surface area contributed by atoms with Crippen molar-refractivity contribution < 1.29 is 9.53 Å². The smallest absolute Gasteiger partial charge is 0.322 e. The molecule has 0 aliphatic carbocycles. The summed E-state index contributed by atoms with van der Waals surface area (Å²) in [6.45, 7) is 0.728. The van der Waals surface area contributed by atoms with Crippen LogP contribution in [0.1, 0.15) is 11.3 Å². The molecule has 0 fully saturated rings. The Labute approximate surface area is 168 Å². The lowest BCUT2D eigenvalue weighted by atomic mass is 10.2. The van der Waals surface area contributed by atoms with Gasteiger partial charge >= 0.3 is 6.03 Å². The van der Waals surface area contributed by atoms with Crippen molar-refractivity contribution in [2.45, 2.75) is 13.1 Å². The van der Waals surface area contributed by atoms with Crippen molar-refractivity contribution in [3.05, 3.63) is 83.1 Å². The molecule has 0 spiro atoms. The molecule has 2 aromatic carbocycles. The number of benzene rings is 2. The van der Waals surface area contributed by atoms with Gasteiger partial charge in [0.25, 0.3) is 0 Å². The molecule has 0 radical (unpaired) electrons. The normalized spacial score (nSPS) is 12.0. The molecule has 1 aliphatic rings. The fraction of sp³-hybridized carbons (Fsp3) is 0.100. The highest BCUT2D eigenvalue weighted by molar-refractivity contribution is 6.31. The van der Waals surface area contributed by atoms with Gasteiger partial charge in [0.05, 0.1) is 24.5 Å². The summed E-state index contributed by atoms with van der Waals surface area (Å²) in [6.07, 6.45) is 1.70. The Bertz CT molecular complexity index is 951. The third-order valence-electron chi connectivity index (χ3n) is 4.12. The minimum absolute atomic E-state index is 0. The Balaban J connectivity index is 0.00000210. The standard InChI is InChI=1S/C20H16ClN3O2.ClH/c21-15-8-9-19-17(11-15)24(13-14-5-1-2-7-18(14)26-19)20(25)23-12-16-6-3-4-10-22-16;/h1-11H,12-13H2,(H,23,25);1H. The average molecular weight is 402 g/mol. The van der Waals surface area contributed by atoms with Gasteiger partial charge in [-0.25, -0.2) is 4.79 Å². The number of anilines is 1. The molecule has 7 heteroatoms. The van der Waals surface area contributed by atoms with E-state index >= 15 is 0 Å². The fourth-order valence-electron chi connectivity index (χ4n) is 2.84. The predicted molar refractivity (Wildman–Crippen MR) is 108 cm³/mol. The second-order valence-corrected chi connectivity index (χ2v) is 6.32. The second-order valence-electron chi connectivity index (χ2n) is 5.89. The van der Waals surface area contributed by atoms with Crippen LogP contribution in [0.2, 0.25) is 5.02 Å². The van der Waals surface area contributed by atoms with Crippen molar-refractivity contribution in [2.24, 2.45) is 0 Å². The maximum atomic E-state index is 12.9. The second kappa shape index (κ2) is 8.29. The van der Waals surface area contributed by atoms with Crippen molar-refractivity contribution in [2.75, 3.05) is 4.90 Å². The number of halogens is 2.